The molecule has 1 aromatic rings. The highest BCUT2D eigenvalue weighted by Crippen LogP contribution is 2.64. The zero-order valence-corrected chi connectivity index (χ0v) is 16.5. The van der Waals surface area contributed by atoms with Gasteiger partial charge in [-0.3, -0.25) is 9.59 Å². The Morgan fingerprint density at radius 3 is 2.61 bits per heavy atom. The Morgan fingerprint density at radius 2 is 1.96 bits per heavy atom. The molecule has 4 saturated carbocycles. The lowest BCUT2D eigenvalue weighted by Crippen LogP contribution is -2.62. The average Bonchev–Trinajstić information content (AvgIpc) is 3.30. The summed E-state index contributed by atoms with van der Waals surface area (Å²) in [6, 6.07) is -0.562. The van der Waals surface area contributed by atoms with Gasteiger partial charge in [0.15, 0.2) is 0 Å². The minimum Gasteiger partial charge on any atom is -0.355 e. The Morgan fingerprint density at radius 1 is 1.21 bits per heavy atom. The molecular weight excluding hydrogens is 356 g/mol. The first-order valence-corrected chi connectivity index (χ1v) is 10.6. The SMILES string of the molecule is CCNC(=O)[C@@H]1C[C@H](N)CN1C(=O)C12C[C@@H]3C[C@@H](C1)CC(n1cncn1)(C3)C2. The van der Waals surface area contributed by atoms with E-state index in [0.29, 0.717) is 31.3 Å². The summed E-state index contributed by atoms with van der Waals surface area (Å²) in [5, 5.41) is 7.36. The van der Waals surface area contributed by atoms with Crippen molar-refractivity contribution in [1.82, 2.24) is 25.0 Å². The van der Waals surface area contributed by atoms with Crippen LogP contribution in [0.25, 0.3) is 0 Å². The zero-order valence-electron chi connectivity index (χ0n) is 16.5. The van der Waals surface area contributed by atoms with Crippen molar-refractivity contribution in [2.24, 2.45) is 23.0 Å². The van der Waals surface area contributed by atoms with Crippen LogP contribution in [0.4, 0.5) is 0 Å². The number of carbonyl (C=O) groups excluding carboxylic acids is 2. The number of nitrogens with one attached hydrogen (secondary N) is 1. The lowest BCUT2D eigenvalue weighted by molar-refractivity contribution is -0.168. The fraction of sp³-hybridized carbons (Fsp3) is 0.800. The highest BCUT2D eigenvalue weighted by molar-refractivity contribution is 5.91. The highest BCUT2D eigenvalue weighted by atomic mass is 16.2. The van der Waals surface area contributed by atoms with Crippen molar-refractivity contribution < 1.29 is 9.59 Å². The Balaban J connectivity index is 1.47. The molecule has 2 amide bonds. The van der Waals surface area contributed by atoms with Crippen LogP contribution in [0.2, 0.25) is 0 Å². The highest BCUT2D eigenvalue weighted by Gasteiger charge is 2.63. The molecule has 3 N–H and O–H groups in total. The summed E-state index contributed by atoms with van der Waals surface area (Å²) >= 11 is 0. The second kappa shape index (κ2) is 6.27. The summed E-state index contributed by atoms with van der Waals surface area (Å²) in [6.07, 6.45) is 10.0. The van der Waals surface area contributed by atoms with E-state index in [0.717, 1.165) is 32.1 Å². The van der Waals surface area contributed by atoms with E-state index in [1.165, 1.54) is 6.42 Å². The van der Waals surface area contributed by atoms with E-state index in [2.05, 4.69) is 15.4 Å². The van der Waals surface area contributed by atoms with Crippen molar-refractivity contribution in [2.45, 2.75) is 69.5 Å². The second-order valence-corrected chi connectivity index (χ2v) is 9.67. The first-order chi connectivity index (χ1) is 13.4. The van der Waals surface area contributed by atoms with Gasteiger partial charge in [0.2, 0.25) is 11.8 Å². The van der Waals surface area contributed by atoms with Crippen LogP contribution < -0.4 is 11.1 Å². The maximum absolute atomic E-state index is 13.9. The summed E-state index contributed by atoms with van der Waals surface area (Å²) in [5.74, 6) is 1.18. The van der Waals surface area contributed by atoms with Crippen molar-refractivity contribution in [1.29, 1.82) is 0 Å². The molecule has 4 bridgehead atoms. The molecule has 6 rings (SSSR count). The van der Waals surface area contributed by atoms with Gasteiger partial charge in [0.1, 0.15) is 18.7 Å². The molecule has 1 aromatic heterocycles. The van der Waals surface area contributed by atoms with Gasteiger partial charge >= 0.3 is 0 Å². The predicted octanol–water partition coefficient (Wildman–Crippen LogP) is 0.638. The average molecular weight is 387 g/mol. The normalized spacial score (nSPS) is 41.4. The number of nitrogens with two attached hydrogens (primary N) is 1. The maximum Gasteiger partial charge on any atom is 0.242 e. The number of likely N-dealkylation sites (tertiary alicyclic amines) is 1. The van der Waals surface area contributed by atoms with E-state index in [1.54, 1.807) is 11.2 Å². The lowest BCUT2D eigenvalue weighted by atomic mass is 9.46. The molecule has 1 saturated heterocycles. The van der Waals surface area contributed by atoms with Crippen LogP contribution in [-0.4, -0.2) is 56.7 Å². The Hall–Kier alpha value is -1.96. The smallest absolute Gasteiger partial charge is 0.242 e. The summed E-state index contributed by atoms with van der Waals surface area (Å²) in [7, 11) is 0. The molecule has 4 aliphatic carbocycles. The first-order valence-electron chi connectivity index (χ1n) is 10.6. The summed E-state index contributed by atoms with van der Waals surface area (Å²) in [4.78, 5) is 32.5. The van der Waals surface area contributed by atoms with Crippen LogP contribution in [-0.2, 0) is 15.1 Å². The number of carbonyl (C=O) groups is 2. The molecule has 0 radical (unpaired) electrons. The molecule has 5 fully saturated rings. The topological polar surface area (TPSA) is 106 Å². The van der Waals surface area contributed by atoms with Crippen LogP contribution in [0.3, 0.4) is 0 Å². The van der Waals surface area contributed by atoms with Gasteiger partial charge < -0.3 is 16.0 Å². The third-order valence-corrected chi connectivity index (χ3v) is 7.64. The number of rotatable bonds is 4. The van der Waals surface area contributed by atoms with Crippen molar-refractivity contribution in [3.8, 4) is 0 Å². The molecular formula is C20H30N6O2. The van der Waals surface area contributed by atoms with Crippen molar-refractivity contribution in [2.75, 3.05) is 13.1 Å². The fourth-order valence-electron chi connectivity index (χ4n) is 7.12. The van der Waals surface area contributed by atoms with Crippen molar-refractivity contribution in [3.63, 3.8) is 0 Å². The lowest BCUT2D eigenvalue weighted by Gasteiger charge is -2.61. The number of amides is 2. The Labute approximate surface area is 165 Å². The van der Waals surface area contributed by atoms with Gasteiger partial charge in [-0.1, -0.05) is 0 Å². The molecule has 4 atom stereocenters. The van der Waals surface area contributed by atoms with Gasteiger partial charge in [0.05, 0.1) is 11.0 Å². The van der Waals surface area contributed by atoms with Gasteiger partial charge in [0, 0.05) is 19.1 Å². The molecule has 0 aromatic carbocycles. The summed E-state index contributed by atoms with van der Waals surface area (Å²) in [6.45, 7) is 2.95. The van der Waals surface area contributed by atoms with Crippen molar-refractivity contribution in [3.05, 3.63) is 12.7 Å². The molecule has 152 valence electrons. The fourth-order valence-corrected chi connectivity index (χ4v) is 7.12. The van der Waals surface area contributed by atoms with Gasteiger partial charge in [-0.15, -0.1) is 0 Å². The van der Waals surface area contributed by atoms with Crippen LogP contribution in [0.5, 0.6) is 0 Å². The predicted molar refractivity (Wildman–Crippen MR) is 102 cm³/mol. The molecule has 0 unspecified atom stereocenters. The van der Waals surface area contributed by atoms with Crippen LogP contribution >= 0.6 is 0 Å². The molecule has 2 heterocycles. The van der Waals surface area contributed by atoms with Gasteiger partial charge in [-0.2, -0.15) is 5.10 Å². The van der Waals surface area contributed by atoms with Crippen molar-refractivity contribution >= 4 is 11.8 Å². The molecule has 5 aliphatic rings. The minimum absolute atomic E-state index is 0.0699. The van der Waals surface area contributed by atoms with E-state index in [4.69, 9.17) is 5.73 Å². The number of hydrogen-bond acceptors (Lipinski definition) is 5. The molecule has 8 heteroatoms. The van der Waals surface area contributed by atoms with Crippen LogP contribution in [0, 0.1) is 17.3 Å². The third-order valence-electron chi connectivity index (χ3n) is 7.64. The third kappa shape index (κ3) is 2.60. The van der Waals surface area contributed by atoms with E-state index in [9.17, 15) is 9.59 Å². The number of nitrogens with zero attached hydrogens (tertiary/aromatic N) is 4. The standard InChI is InChI=1S/C20H30N6O2/c1-2-23-17(27)16-4-15(21)9-25(16)18(28)19-5-13-3-14(6-19)8-20(7-13,10-19)26-12-22-11-24-26/h11-16H,2-10,21H2,1H3,(H,23,27)/t13-,14-,15-,16-,19?,20?/m0/s1. The van der Waals surface area contributed by atoms with E-state index in [1.807, 2.05) is 17.9 Å². The Bertz CT molecular complexity index is 764. The number of likely N-dealkylation sites (N-methyl/N-ethyl adjacent to an activating group) is 1. The van der Waals surface area contributed by atoms with Gasteiger partial charge in [-0.05, 0) is 63.7 Å². The van der Waals surface area contributed by atoms with Gasteiger partial charge in [-0.25, -0.2) is 9.67 Å². The first kappa shape index (κ1) is 18.1. The van der Waals surface area contributed by atoms with Gasteiger partial charge in [0.25, 0.3) is 0 Å². The zero-order chi connectivity index (χ0) is 19.5. The van der Waals surface area contributed by atoms with E-state index >= 15 is 0 Å². The maximum atomic E-state index is 13.9. The largest absolute Gasteiger partial charge is 0.355 e. The quantitative estimate of drug-likeness (QED) is 0.790. The van der Waals surface area contributed by atoms with Crippen LogP contribution in [0.1, 0.15) is 51.9 Å². The number of aromatic nitrogens is 3. The van der Waals surface area contributed by atoms with Crippen LogP contribution in [0.15, 0.2) is 12.7 Å². The minimum atomic E-state index is -0.433. The summed E-state index contributed by atoms with van der Waals surface area (Å²) in [5.41, 5.74) is 5.70. The Kier molecular flexibility index (Phi) is 4.05. The molecule has 0 spiro atoms. The molecule has 8 nitrogen and oxygen atoms in total. The van der Waals surface area contributed by atoms with E-state index in [-0.39, 0.29) is 28.8 Å². The molecule has 1 aliphatic heterocycles. The monoisotopic (exact) mass is 386 g/mol. The molecule has 28 heavy (non-hydrogen) atoms. The summed E-state index contributed by atoms with van der Waals surface area (Å²) < 4.78 is 2.02. The number of hydrogen-bond donors (Lipinski definition) is 2. The second-order valence-electron chi connectivity index (χ2n) is 9.67. The van der Waals surface area contributed by atoms with E-state index < -0.39 is 6.04 Å².